The zero-order chi connectivity index (χ0) is 21.0. The summed E-state index contributed by atoms with van der Waals surface area (Å²) in [5, 5.41) is 12.4. The summed E-state index contributed by atoms with van der Waals surface area (Å²) in [6.07, 6.45) is 2.81. The van der Waals surface area contributed by atoms with Gasteiger partial charge in [-0.2, -0.15) is 5.26 Å². The van der Waals surface area contributed by atoms with Crippen molar-refractivity contribution in [3.63, 3.8) is 0 Å². The van der Waals surface area contributed by atoms with E-state index in [1.165, 1.54) is 18.3 Å². The molecule has 0 saturated carbocycles. The zero-order valence-corrected chi connectivity index (χ0v) is 16.5. The van der Waals surface area contributed by atoms with E-state index in [9.17, 15) is 14.9 Å². The second-order valence-electron chi connectivity index (χ2n) is 6.21. The number of hydrogen-bond donors (Lipinski definition) is 1. The summed E-state index contributed by atoms with van der Waals surface area (Å²) >= 11 is 5.68. The van der Waals surface area contributed by atoms with Crippen LogP contribution in [-0.2, 0) is 16.1 Å². The molecule has 3 aromatic heterocycles. The fourth-order valence-corrected chi connectivity index (χ4v) is 2.88. The van der Waals surface area contributed by atoms with Gasteiger partial charge >= 0.3 is 5.97 Å². The van der Waals surface area contributed by atoms with Gasteiger partial charge in [-0.05, 0) is 43.7 Å². The minimum Gasteiger partial charge on any atom is -0.467 e. The first-order valence-electron chi connectivity index (χ1n) is 8.61. The number of rotatable bonds is 6. The van der Waals surface area contributed by atoms with Gasteiger partial charge in [-0.15, -0.1) is 0 Å². The van der Waals surface area contributed by atoms with Gasteiger partial charge in [0.25, 0.3) is 5.91 Å². The second kappa shape index (κ2) is 8.63. The maximum Gasteiger partial charge on any atom is 0.340 e. The predicted octanol–water partition coefficient (Wildman–Crippen LogP) is 3.46. The molecule has 148 valence electrons. The first-order valence-corrected chi connectivity index (χ1v) is 8.99. The van der Waals surface area contributed by atoms with E-state index in [1.807, 2.05) is 6.92 Å². The average Bonchev–Trinajstić information content (AvgIpc) is 3.30. The van der Waals surface area contributed by atoms with Gasteiger partial charge in [0, 0.05) is 11.9 Å². The molecule has 3 rings (SSSR count). The van der Waals surface area contributed by atoms with Crippen LogP contribution in [0, 0.1) is 25.2 Å². The van der Waals surface area contributed by atoms with Gasteiger partial charge in [0.1, 0.15) is 22.8 Å². The molecular formula is C20H17ClN4O4. The molecule has 8 nitrogen and oxygen atoms in total. The highest BCUT2D eigenvalue weighted by molar-refractivity contribution is 6.29. The number of anilines is 1. The number of esters is 1. The highest BCUT2D eigenvalue weighted by Gasteiger charge is 2.21. The van der Waals surface area contributed by atoms with Crippen LogP contribution in [0.3, 0.4) is 0 Å². The number of pyridine rings is 1. The van der Waals surface area contributed by atoms with Crippen molar-refractivity contribution >= 4 is 29.3 Å². The molecule has 9 heteroatoms. The third-order valence-electron chi connectivity index (χ3n) is 4.39. The van der Waals surface area contributed by atoms with Crippen LogP contribution in [0.15, 0.2) is 41.1 Å². The van der Waals surface area contributed by atoms with Crippen LogP contribution < -0.4 is 5.32 Å². The molecular weight excluding hydrogens is 396 g/mol. The van der Waals surface area contributed by atoms with E-state index in [2.05, 4.69) is 16.4 Å². The molecule has 3 heterocycles. The number of amides is 1. The molecule has 0 spiro atoms. The molecule has 29 heavy (non-hydrogen) atoms. The predicted molar refractivity (Wildman–Crippen MR) is 105 cm³/mol. The maximum absolute atomic E-state index is 12.4. The zero-order valence-electron chi connectivity index (χ0n) is 15.7. The lowest BCUT2D eigenvalue weighted by molar-refractivity contribution is -0.119. The molecule has 0 bridgehead atoms. The van der Waals surface area contributed by atoms with Crippen LogP contribution in [0.5, 0.6) is 0 Å². The van der Waals surface area contributed by atoms with E-state index in [0.717, 1.165) is 11.3 Å². The third kappa shape index (κ3) is 4.47. The Morgan fingerprint density at radius 2 is 2.14 bits per heavy atom. The largest absolute Gasteiger partial charge is 0.467 e. The quantitative estimate of drug-likeness (QED) is 0.490. The van der Waals surface area contributed by atoms with Gasteiger partial charge in [-0.3, -0.25) is 4.79 Å². The summed E-state index contributed by atoms with van der Waals surface area (Å²) in [6, 6.07) is 8.57. The maximum atomic E-state index is 12.4. The second-order valence-corrected chi connectivity index (χ2v) is 6.59. The molecule has 0 atom stereocenters. The molecule has 0 aliphatic carbocycles. The fraction of sp³-hybridized carbons (Fsp3) is 0.200. The summed E-state index contributed by atoms with van der Waals surface area (Å²) in [4.78, 5) is 28.2. The van der Waals surface area contributed by atoms with Crippen molar-refractivity contribution < 1.29 is 18.7 Å². The molecule has 0 aromatic carbocycles. The van der Waals surface area contributed by atoms with E-state index in [1.54, 1.807) is 29.9 Å². The summed E-state index contributed by atoms with van der Waals surface area (Å²) in [6.45, 7) is 3.47. The van der Waals surface area contributed by atoms with Crippen LogP contribution in [0.1, 0.15) is 32.9 Å². The first-order chi connectivity index (χ1) is 13.9. The summed E-state index contributed by atoms with van der Waals surface area (Å²) < 4.78 is 12.2. The topological polar surface area (TPSA) is 110 Å². The molecule has 0 aliphatic heterocycles. The van der Waals surface area contributed by atoms with E-state index in [0.29, 0.717) is 23.7 Å². The van der Waals surface area contributed by atoms with Gasteiger partial charge in [-0.25, -0.2) is 9.78 Å². The van der Waals surface area contributed by atoms with Gasteiger partial charge in [0.05, 0.1) is 23.9 Å². The number of carbonyl (C=O) groups excluding carboxylic acids is 2. The van der Waals surface area contributed by atoms with Gasteiger partial charge in [-0.1, -0.05) is 11.6 Å². The fourth-order valence-electron chi connectivity index (χ4n) is 2.77. The smallest absolute Gasteiger partial charge is 0.340 e. The number of carbonyl (C=O) groups is 2. The monoisotopic (exact) mass is 412 g/mol. The summed E-state index contributed by atoms with van der Waals surface area (Å²) in [7, 11) is 0. The first kappa shape index (κ1) is 20.2. The number of nitrogens with zero attached hydrogens (tertiary/aromatic N) is 3. The Bertz CT molecular complexity index is 1080. The molecule has 0 aliphatic rings. The van der Waals surface area contributed by atoms with Crippen LogP contribution in [-0.4, -0.2) is 28.0 Å². The highest BCUT2D eigenvalue weighted by Crippen LogP contribution is 2.27. The Labute approximate surface area is 171 Å². The Hall–Kier alpha value is -3.57. The summed E-state index contributed by atoms with van der Waals surface area (Å²) in [5.74, 6) is -0.281. The third-order valence-corrected chi connectivity index (χ3v) is 4.61. The van der Waals surface area contributed by atoms with Crippen LogP contribution >= 0.6 is 11.6 Å². The SMILES string of the molecule is Cc1c(C#N)c(NC(=O)COC(=O)c2ccc(Cl)nc2)n(Cc2ccco2)c1C. The number of furan rings is 1. The minimum atomic E-state index is -0.705. The lowest BCUT2D eigenvalue weighted by Gasteiger charge is -2.12. The molecule has 0 unspecified atom stereocenters. The lowest BCUT2D eigenvalue weighted by Crippen LogP contribution is -2.23. The Balaban J connectivity index is 1.74. The standard InChI is InChI=1S/C20H17ClN4O4/c1-12-13(2)25(10-15-4-3-7-28-15)19(16(12)8-22)24-18(26)11-29-20(27)14-5-6-17(21)23-9-14/h3-7,9H,10-11H2,1-2H3,(H,24,26). The number of nitriles is 1. The Kier molecular flexibility index (Phi) is 6.00. The van der Waals surface area contributed by atoms with Gasteiger partial charge < -0.3 is 19.0 Å². The van der Waals surface area contributed by atoms with Gasteiger partial charge in [0.2, 0.25) is 0 Å². The van der Waals surface area contributed by atoms with Crippen molar-refractivity contribution in [1.29, 1.82) is 5.26 Å². The van der Waals surface area contributed by atoms with Crippen molar-refractivity contribution in [2.75, 3.05) is 11.9 Å². The van der Waals surface area contributed by atoms with Crippen molar-refractivity contribution in [1.82, 2.24) is 9.55 Å². The van der Waals surface area contributed by atoms with E-state index in [4.69, 9.17) is 20.8 Å². The molecule has 1 amide bonds. The van der Waals surface area contributed by atoms with Crippen LogP contribution in [0.2, 0.25) is 5.15 Å². The van der Waals surface area contributed by atoms with E-state index < -0.39 is 18.5 Å². The van der Waals surface area contributed by atoms with Crippen LogP contribution in [0.4, 0.5) is 5.82 Å². The molecule has 0 radical (unpaired) electrons. The summed E-state index contributed by atoms with van der Waals surface area (Å²) in [5.41, 5.74) is 2.08. The normalized spacial score (nSPS) is 10.4. The lowest BCUT2D eigenvalue weighted by atomic mass is 10.2. The van der Waals surface area contributed by atoms with E-state index in [-0.39, 0.29) is 10.7 Å². The number of aromatic nitrogens is 2. The Morgan fingerprint density at radius 3 is 2.76 bits per heavy atom. The van der Waals surface area contributed by atoms with Gasteiger partial charge in [0.15, 0.2) is 6.61 Å². The van der Waals surface area contributed by atoms with Crippen molar-refractivity contribution in [2.24, 2.45) is 0 Å². The molecule has 0 fully saturated rings. The van der Waals surface area contributed by atoms with Crippen molar-refractivity contribution in [3.05, 3.63) is 70.0 Å². The molecule has 3 aromatic rings. The van der Waals surface area contributed by atoms with Crippen molar-refractivity contribution in [2.45, 2.75) is 20.4 Å². The minimum absolute atomic E-state index is 0.174. The number of halogens is 1. The number of hydrogen-bond acceptors (Lipinski definition) is 6. The number of ether oxygens (including phenoxy) is 1. The van der Waals surface area contributed by atoms with E-state index >= 15 is 0 Å². The highest BCUT2D eigenvalue weighted by atomic mass is 35.5. The molecule has 0 saturated heterocycles. The van der Waals surface area contributed by atoms with Crippen LogP contribution in [0.25, 0.3) is 0 Å². The average molecular weight is 413 g/mol. The van der Waals surface area contributed by atoms with Crippen molar-refractivity contribution in [3.8, 4) is 6.07 Å². The Morgan fingerprint density at radius 1 is 1.34 bits per heavy atom. The number of nitrogens with one attached hydrogen (secondary N) is 1. The molecule has 1 N–H and O–H groups in total.